The molecule has 0 saturated carbocycles. The molecule has 0 aromatic heterocycles. The second-order valence-electron chi connectivity index (χ2n) is 9.80. The molecule has 39 heavy (non-hydrogen) atoms. The summed E-state index contributed by atoms with van der Waals surface area (Å²) in [5, 5.41) is 3.64. The summed E-state index contributed by atoms with van der Waals surface area (Å²) in [5.41, 5.74) is 4.65. The van der Waals surface area contributed by atoms with Gasteiger partial charge in [-0.05, 0) is 60.5 Å². The van der Waals surface area contributed by atoms with Gasteiger partial charge in [-0.15, -0.1) is 0 Å². The maximum Gasteiger partial charge on any atom is 0.340 e. The van der Waals surface area contributed by atoms with Crippen molar-refractivity contribution in [3.8, 4) is 11.5 Å². The zero-order chi connectivity index (χ0) is 27.1. The fourth-order valence-electron chi connectivity index (χ4n) is 5.49. The lowest BCUT2D eigenvalue weighted by molar-refractivity contribution is 0.0226. The van der Waals surface area contributed by atoms with Crippen molar-refractivity contribution in [3.63, 3.8) is 0 Å². The molecule has 4 aromatic rings. The number of hydrogen-bond donors (Lipinski definition) is 1. The van der Waals surface area contributed by atoms with Crippen molar-refractivity contribution < 1.29 is 14.3 Å². The van der Waals surface area contributed by atoms with Crippen LogP contribution in [0.1, 0.15) is 40.9 Å². The minimum atomic E-state index is -1.15. The number of esters is 1. The molecule has 0 radical (unpaired) electrons. The number of nitrogens with one attached hydrogen (secondary N) is 1. The molecule has 1 spiro atoms. The first-order valence-corrected chi connectivity index (χ1v) is 14.0. The summed E-state index contributed by atoms with van der Waals surface area (Å²) in [4.78, 5) is 16.5. The highest BCUT2D eigenvalue weighted by molar-refractivity contribution is 7.97. The summed E-state index contributed by atoms with van der Waals surface area (Å²) in [6, 6.07) is 27.9. The Morgan fingerprint density at radius 1 is 0.821 bits per heavy atom. The van der Waals surface area contributed by atoms with Gasteiger partial charge in [0.2, 0.25) is 0 Å². The lowest BCUT2D eigenvalue weighted by Crippen LogP contribution is -2.34. The number of benzene rings is 4. The Morgan fingerprint density at radius 3 is 2.36 bits per heavy atom. The molecule has 198 valence electrons. The van der Waals surface area contributed by atoms with Gasteiger partial charge in [-0.1, -0.05) is 50.2 Å². The summed E-state index contributed by atoms with van der Waals surface area (Å²) in [7, 11) is 4.04. The number of fused-ring (bicyclic) bond motifs is 6. The first-order valence-electron chi connectivity index (χ1n) is 13.2. The zero-order valence-electron chi connectivity index (χ0n) is 22.5. The number of carbonyl (C=O) groups excluding carboxylic acids is 1. The van der Waals surface area contributed by atoms with Gasteiger partial charge < -0.3 is 19.7 Å². The van der Waals surface area contributed by atoms with Gasteiger partial charge >= 0.3 is 5.97 Å². The summed E-state index contributed by atoms with van der Waals surface area (Å²) in [6.07, 6.45) is 0. The maximum absolute atomic E-state index is 13.4. The number of para-hydroxylation sites is 2. The molecule has 1 N–H and O–H groups in total. The highest BCUT2D eigenvalue weighted by Crippen LogP contribution is 2.58. The predicted molar refractivity (Wildman–Crippen MR) is 158 cm³/mol. The molecule has 0 fully saturated rings. The van der Waals surface area contributed by atoms with E-state index in [2.05, 4.69) is 46.6 Å². The Morgan fingerprint density at radius 2 is 1.56 bits per heavy atom. The van der Waals surface area contributed by atoms with Crippen molar-refractivity contribution >= 4 is 35.0 Å². The fraction of sp³-hybridized carbons (Fsp3) is 0.219. The van der Waals surface area contributed by atoms with Crippen molar-refractivity contribution in [2.24, 2.45) is 0 Å². The van der Waals surface area contributed by atoms with E-state index in [9.17, 15) is 4.79 Å². The molecular formula is C32H31N3O3S. The largest absolute Gasteiger partial charge is 0.456 e. The second-order valence-corrected chi connectivity index (χ2v) is 11.0. The van der Waals surface area contributed by atoms with Crippen molar-refractivity contribution in [2.45, 2.75) is 24.3 Å². The zero-order valence-corrected chi connectivity index (χ0v) is 23.3. The minimum absolute atomic E-state index is 0.338. The van der Waals surface area contributed by atoms with Crippen molar-refractivity contribution in [2.75, 3.05) is 37.4 Å². The Balaban J connectivity index is 1.56. The van der Waals surface area contributed by atoms with Gasteiger partial charge in [0.1, 0.15) is 11.5 Å². The lowest BCUT2D eigenvalue weighted by atomic mass is 9.77. The Labute approximate surface area is 233 Å². The summed E-state index contributed by atoms with van der Waals surface area (Å²) < 4.78 is 15.3. The van der Waals surface area contributed by atoms with Crippen LogP contribution in [0.5, 0.6) is 11.5 Å². The van der Waals surface area contributed by atoms with Crippen LogP contribution < -0.4 is 15.0 Å². The highest BCUT2D eigenvalue weighted by atomic mass is 32.2. The normalized spacial score (nSPS) is 16.8. The second kappa shape index (κ2) is 9.98. The minimum Gasteiger partial charge on any atom is -0.456 e. The van der Waals surface area contributed by atoms with Crippen LogP contribution in [-0.4, -0.2) is 37.5 Å². The van der Waals surface area contributed by atoms with Crippen LogP contribution in [0.3, 0.4) is 0 Å². The quantitative estimate of drug-likeness (QED) is 0.195. The molecule has 2 aliphatic rings. The van der Waals surface area contributed by atoms with Gasteiger partial charge in [-0.25, -0.2) is 9.10 Å². The molecule has 0 amide bonds. The SMILES string of the molecule is CCN(CC)Sc1ccc2c(c1)Oc1cccc(Nc3ccccc3N(C)C)c1C21OC(=O)c2ccccc21. The monoisotopic (exact) mass is 537 g/mol. The van der Waals surface area contributed by atoms with Crippen LogP contribution >= 0.6 is 11.9 Å². The molecule has 1 unspecified atom stereocenters. The van der Waals surface area contributed by atoms with E-state index < -0.39 is 5.60 Å². The third-order valence-corrected chi connectivity index (χ3v) is 8.54. The van der Waals surface area contributed by atoms with Gasteiger partial charge in [-0.2, -0.15) is 0 Å². The van der Waals surface area contributed by atoms with Gasteiger partial charge in [-0.3, -0.25) is 0 Å². The van der Waals surface area contributed by atoms with Gasteiger partial charge in [0.15, 0.2) is 5.60 Å². The Kier molecular flexibility index (Phi) is 6.49. The lowest BCUT2D eigenvalue weighted by Gasteiger charge is -2.38. The number of carbonyl (C=O) groups is 1. The van der Waals surface area contributed by atoms with Crippen molar-refractivity contribution in [3.05, 3.63) is 107 Å². The van der Waals surface area contributed by atoms with Crippen LogP contribution in [-0.2, 0) is 10.3 Å². The van der Waals surface area contributed by atoms with E-state index in [1.807, 2.05) is 80.8 Å². The van der Waals surface area contributed by atoms with Crippen LogP contribution in [0.25, 0.3) is 0 Å². The van der Waals surface area contributed by atoms with E-state index in [1.54, 1.807) is 11.9 Å². The number of anilines is 3. The molecule has 1 atom stereocenters. The molecule has 4 aromatic carbocycles. The topological polar surface area (TPSA) is 54.0 Å². The van der Waals surface area contributed by atoms with E-state index in [4.69, 9.17) is 9.47 Å². The van der Waals surface area contributed by atoms with E-state index in [0.29, 0.717) is 17.1 Å². The molecule has 6 rings (SSSR count). The van der Waals surface area contributed by atoms with Gasteiger partial charge in [0, 0.05) is 43.2 Å². The third kappa shape index (κ3) is 4.13. The molecule has 6 nitrogen and oxygen atoms in total. The van der Waals surface area contributed by atoms with E-state index in [0.717, 1.165) is 51.7 Å². The first-order chi connectivity index (χ1) is 19.0. The average Bonchev–Trinajstić information content (AvgIpc) is 3.24. The molecule has 0 aliphatic carbocycles. The Bertz CT molecular complexity index is 1570. The number of rotatable bonds is 7. The molecular weight excluding hydrogens is 506 g/mol. The number of hydrogen-bond acceptors (Lipinski definition) is 7. The first kappa shape index (κ1) is 25.3. The molecule has 0 saturated heterocycles. The molecule has 2 heterocycles. The van der Waals surface area contributed by atoms with E-state index in [-0.39, 0.29) is 5.97 Å². The Hall–Kier alpha value is -3.94. The fourth-order valence-corrected chi connectivity index (χ4v) is 6.34. The van der Waals surface area contributed by atoms with Crippen LogP contribution in [0.15, 0.2) is 89.8 Å². The van der Waals surface area contributed by atoms with Gasteiger partial charge in [0.25, 0.3) is 0 Å². The maximum atomic E-state index is 13.4. The van der Waals surface area contributed by atoms with Gasteiger partial charge in [0.05, 0.1) is 28.2 Å². The van der Waals surface area contributed by atoms with Crippen LogP contribution in [0.2, 0.25) is 0 Å². The molecule has 7 heteroatoms. The van der Waals surface area contributed by atoms with Crippen molar-refractivity contribution in [1.82, 2.24) is 4.31 Å². The van der Waals surface area contributed by atoms with Crippen LogP contribution in [0, 0.1) is 0 Å². The summed E-state index contributed by atoms with van der Waals surface area (Å²) in [5.74, 6) is 1.01. The highest BCUT2D eigenvalue weighted by Gasteiger charge is 2.54. The third-order valence-electron chi connectivity index (χ3n) is 7.30. The standard InChI is InChI=1S/C32H31N3O3S/c1-5-35(6-2)39-21-18-19-24-29(20-21)37-28-17-11-15-26(33-25-14-9-10-16-27(25)34(3)4)30(28)32(24)23-13-8-7-12-22(23)31(36)38-32/h7-20,33H,5-6H2,1-4H3. The average molecular weight is 538 g/mol. The predicted octanol–water partition coefficient (Wildman–Crippen LogP) is 7.41. The van der Waals surface area contributed by atoms with Crippen molar-refractivity contribution in [1.29, 1.82) is 0 Å². The molecule has 2 aliphatic heterocycles. The van der Waals surface area contributed by atoms with E-state index in [1.165, 1.54) is 0 Å². The number of nitrogens with zero attached hydrogens (tertiary/aromatic N) is 2. The smallest absolute Gasteiger partial charge is 0.340 e. The number of ether oxygens (including phenoxy) is 2. The summed E-state index contributed by atoms with van der Waals surface area (Å²) in [6.45, 7) is 6.16. The van der Waals surface area contributed by atoms with E-state index >= 15 is 0 Å². The summed E-state index contributed by atoms with van der Waals surface area (Å²) >= 11 is 1.70. The van der Waals surface area contributed by atoms with Crippen LogP contribution in [0.4, 0.5) is 17.1 Å². The molecule has 0 bridgehead atoms.